The van der Waals surface area contributed by atoms with E-state index in [1.807, 2.05) is 0 Å². The van der Waals surface area contributed by atoms with E-state index >= 15 is 0 Å². The van der Waals surface area contributed by atoms with Gasteiger partial charge in [-0.3, -0.25) is 32.5 Å². The third-order valence-corrected chi connectivity index (χ3v) is 21.3. The predicted molar refractivity (Wildman–Crippen MR) is 491 cm³/mol. The summed E-state index contributed by atoms with van der Waals surface area (Å²) in [5.41, 5.74) is 0. The van der Waals surface area contributed by atoms with Crippen LogP contribution in [0, 0.1) is 0 Å². The van der Waals surface area contributed by atoms with Crippen LogP contribution in [0.4, 0.5) is 0 Å². The van der Waals surface area contributed by atoms with E-state index in [9.17, 15) is 43.5 Å². The molecule has 4 N–H and O–H groups in total. The fourth-order valence-corrected chi connectivity index (χ4v) is 14.1. The Kier molecular flexibility index (Phi) is 86.2. The Morgan fingerprint density at radius 3 is 0.675 bits per heavy atom. The van der Waals surface area contributed by atoms with Crippen molar-refractivity contribution in [3.63, 3.8) is 0 Å². The third-order valence-electron chi connectivity index (χ3n) is 19.4. The van der Waals surface area contributed by atoms with Crippen LogP contribution in [0.15, 0.2) is 170 Å². The van der Waals surface area contributed by atoms with Crippen molar-refractivity contribution >= 4 is 33.6 Å². The first-order valence-corrected chi connectivity index (χ1v) is 49.4. The average Bonchev–Trinajstić information content (AvgIpc) is 0.891. The number of aliphatic hydroxyl groups excluding tert-OH is 2. The molecule has 18 heteroatoms. The van der Waals surface area contributed by atoms with Crippen molar-refractivity contribution in [3.05, 3.63) is 170 Å². The highest BCUT2D eigenvalue weighted by molar-refractivity contribution is 7.47. The number of carbonyl (C=O) groups excluding carboxylic acids is 3. The van der Waals surface area contributed by atoms with E-state index in [2.05, 4.69) is 191 Å². The molecule has 5 unspecified atom stereocenters. The van der Waals surface area contributed by atoms with Crippen molar-refractivity contribution in [2.75, 3.05) is 39.6 Å². The monoisotopic (exact) mass is 1680 g/mol. The van der Waals surface area contributed by atoms with Crippen LogP contribution in [0.5, 0.6) is 0 Å². The van der Waals surface area contributed by atoms with Crippen molar-refractivity contribution in [3.8, 4) is 0 Å². The van der Waals surface area contributed by atoms with Gasteiger partial charge in [0, 0.05) is 19.3 Å². The number of esters is 3. The van der Waals surface area contributed by atoms with E-state index in [0.717, 1.165) is 167 Å². The molecule has 0 spiro atoms. The first-order chi connectivity index (χ1) is 57.2. The van der Waals surface area contributed by atoms with E-state index in [-0.39, 0.29) is 19.3 Å². The maximum Gasteiger partial charge on any atom is 0.472 e. The Bertz CT molecular complexity index is 2810. The fourth-order valence-electron chi connectivity index (χ4n) is 12.5. The summed E-state index contributed by atoms with van der Waals surface area (Å²) in [7, 11) is -9.81. The van der Waals surface area contributed by atoms with Crippen LogP contribution >= 0.6 is 15.6 Å². The molecule has 0 amide bonds. The molecule has 0 aromatic rings. The van der Waals surface area contributed by atoms with Crippen LogP contribution in [0.1, 0.15) is 380 Å². The largest absolute Gasteiger partial charge is 0.472 e. The number of rotatable bonds is 87. The van der Waals surface area contributed by atoms with Crippen molar-refractivity contribution < 1.29 is 75.8 Å². The number of hydrogen-bond donors (Lipinski definition) is 4. The molecule has 0 aromatic carbocycles. The SMILES string of the molecule is CC/C=C\C/C=C\C/C=C\C/C=C\C/C=C\CCCCCCCCCCCCCCCCCC(=O)OCC(O)COP(=O)(O)OCC(O)COP(=O)(O)OCC(COC(=O)CCCCCCCCCCCCCCCCC/C=C\C/C=C\C/C=C\C/C=C\C/C=C\CC)OC(=O)CCCCCCCC/C=C\C/C=C\C/C=C\C/C=C\CC. The molecule has 5 atom stereocenters. The van der Waals surface area contributed by atoms with E-state index in [1.165, 1.54) is 154 Å². The standard InChI is InChI=1S/C99H168O16P2/c1-4-7-10-13-16-19-22-25-28-31-34-36-38-40-42-44-46-48-50-52-54-56-59-61-64-67-70-73-76-79-82-85-97(102)109-88-94(100)89-111-116(105,106)112-90-95(101)91-113-117(107,108)114-93-96(115-99(104)87-84-81-78-75-72-69-66-63-58-33-30-27-24-21-18-15-12-9-6-3)92-110-98(103)86-83-80-77-74-71-68-65-62-60-57-55-53-51-49-47-45-43-41-39-37-35-32-29-26-23-20-17-14-11-8-5-2/h7-12,16-21,25-30,34-37,40-43,58,63,94-96,100-101H,4-6,13-15,22-24,31-33,38-39,44-57,59-62,64-93H2,1-3H3,(H,105,106)(H,107,108)/b10-7-,11-8-,12-9-,19-16-,20-17-,21-18-,28-25-,29-26-,30-27-,36-34-,37-35-,42-40-,43-41-,63-58-. The Morgan fingerprint density at radius 1 is 0.239 bits per heavy atom. The molecule has 0 fully saturated rings. The minimum atomic E-state index is -4.95. The zero-order valence-electron chi connectivity index (χ0n) is 73.8. The molecule has 0 radical (unpaired) electrons. The number of hydrogen-bond acceptors (Lipinski definition) is 14. The Hall–Kier alpha value is -5.09. The second-order valence-corrected chi connectivity index (χ2v) is 33.6. The lowest BCUT2D eigenvalue weighted by Crippen LogP contribution is -2.30. The predicted octanol–water partition coefficient (Wildman–Crippen LogP) is 28.7. The van der Waals surface area contributed by atoms with Gasteiger partial charge in [0.25, 0.3) is 0 Å². The highest BCUT2D eigenvalue weighted by Gasteiger charge is 2.29. The van der Waals surface area contributed by atoms with Crippen molar-refractivity contribution in [2.24, 2.45) is 0 Å². The minimum absolute atomic E-state index is 0.0854. The quantitative estimate of drug-likeness (QED) is 0.0146. The number of carbonyl (C=O) groups is 3. The summed E-state index contributed by atoms with van der Waals surface area (Å²) >= 11 is 0. The zero-order valence-corrected chi connectivity index (χ0v) is 75.6. The first kappa shape index (κ1) is 112. The summed E-state index contributed by atoms with van der Waals surface area (Å²) < 4.78 is 61.5. The van der Waals surface area contributed by atoms with Crippen molar-refractivity contribution in [2.45, 2.75) is 399 Å². The molecule has 117 heavy (non-hydrogen) atoms. The molecule has 16 nitrogen and oxygen atoms in total. The molecule has 0 aliphatic carbocycles. The molecule has 0 saturated heterocycles. The van der Waals surface area contributed by atoms with Crippen LogP contribution in [0.3, 0.4) is 0 Å². The van der Waals surface area contributed by atoms with Crippen molar-refractivity contribution in [1.29, 1.82) is 0 Å². The van der Waals surface area contributed by atoms with Gasteiger partial charge in [0.05, 0.1) is 26.4 Å². The van der Waals surface area contributed by atoms with Gasteiger partial charge < -0.3 is 34.2 Å². The third kappa shape index (κ3) is 91.5. The Morgan fingerprint density at radius 2 is 0.427 bits per heavy atom. The summed E-state index contributed by atoms with van der Waals surface area (Å²) in [4.78, 5) is 59.0. The van der Waals surface area contributed by atoms with E-state index in [1.54, 1.807) is 0 Å². The van der Waals surface area contributed by atoms with Gasteiger partial charge in [-0.15, -0.1) is 0 Å². The fraction of sp³-hybridized carbons (Fsp3) is 0.687. The van der Waals surface area contributed by atoms with Gasteiger partial charge in [-0.25, -0.2) is 9.13 Å². The molecule has 0 bridgehead atoms. The lowest BCUT2D eigenvalue weighted by Gasteiger charge is -2.21. The maximum absolute atomic E-state index is 13.1. The molecule has 0 aliphatic heterocycles. The van der Waals surface area contributed by atoms with Gasteiger partial charge in [0.15, 0.2) is 6.10 Å². The van der Waals surface area contributed by atoms with Gasteiger partial charge in [0.1, 0.15) is 25.4 Å². The summed E-state index contributed by atoms with van der Waals surface area (Å²) in [5, 5.41) is 20.7. The number of allylic oxidation sites excluding steroid dienone is 28. The highest BCUT2D eigenvalue weighted by atomic mass is 31.2. The molecule has 0 aromatic heterocycles. The number of ether oxygens (including phenoxy) is 3. The van der Waals surface area contributed by atoms with Crippen LogP contribution in [0.25, 0.3) is 0 Å². The van der Waals surface area contributed by atoms with Gasteiger partial charge in [-0.1, -0.05) is 384 Å². The first-order valence-electron chi connectivity index (χ1n) is 46.4. The summed E-state index contributed by atoms with van der Waals surface area (Å²) in [6.45, 7) is 2.37. The number of aliphatic hydroxyl groups is 2. The van der Waals surface area contributed by atoms with Gasteiger partial charge in [-0.2, -0.15) is 0 Å². The number of phosphoric ester groups is 2. The molecule has 0 rings (SSSR count). The second kappa shape index (κ2) is 90.2. The number of unbranched alkanes of at least 4 members (excludes halogenated alkanes) is 36. The maximum atomic E-state index is 13.1. The summed E-state index contributed by atoms with van der Waals surface area (Å²) in [6, 6.07) is 0. The topological polar surface area (TPSA) is 231 Å². The Labute approximate surface area is 713 Å². The molecule has 670 valence electrons. The molecular formula is C99H168O16P2. The van der Waals surface area contributed by atoms with E-state index in [4.69, 9.17) is 32.3 Å². The summed E-state index contributed by atoms with van der Waals surface area (Å²) in [5.74, 6) is -1.58. The van der Waals surface area contributed by atoms with Crippen LogP contribution in [0.2, 0.25) is 0 Å². The van der Waals surface area contributed by atoms with Gasteiger partial charge >= 0.3 is 33.6 Å². The van der Waals surface area contributed by atoms with E-state index in [0.29, 0.717) is 19.3 Å². The smallest absolute Gasteiger partial charge is 0.463 e. The lowest BCUT2D eigenvalue weighted by molar-refractivity contribution is -0.161. The second-order valence-electron chi connectivity index (χ2n) is 30.7. The zero-order chi connectivity index (χ0) is 85.1. The van der Waals surface area contributed by atoms with Crippen LogP contribution in [-0.2, 0) is 55.8 Å². The van der Waals surface area contributed by atoms with E-state index < -0.39 is 91.5 Å². The lowest BCUT2D eigenvalue weighted by atomic mass is 10.0. The number of phosphoric acid groups is 2. The minimum Gasteiger partial charge on any atom is -0.463 e. The summed E-state index contributed by atoms with van der Waals surface area (Å²) in [6.07, 6.45) is 117. The van der Waals surface area contributed by atoms with Crippen LogP contribution < -0.4 is 0 Å². The van der Waals surface area contributed by atoms with Crippen LogP contribution in [-0.4, -0.2) is 95.9 Å². The van der Waals surface area contributed by atoms with Gasteiger partial charge in [-0.05, 0) is 148 Å². The molecule has 0 heterocycles. The van der Waals surface area contributed by atoms with Crippen molar-refractivity contribution in [1.82, 2.24) is 0 Å². The average molecular weight is 1680 g/mol. The highest BCUT2D eigenvalue weighted by Crippen LogP contribution is 2.45. The molecule has 0 saturated carbocycles. The normalized spacial score (nSPS) is 14.6. The Balaban J connectivity index is 4.55. The molecular weight excluding hydrogens is 1510 g/mol. The molecule has 0 aliphatic rings. The van der Waals surface area contributed by atoms with Gasteiger partial charge in [0.2, 0.25) is 0 Å².